The van der Waals surface area contributed by atoms with Gasteiger partial charge in [0.25, 0.3) is 5.91 Å². The number of piperazine rings is 1. The second kappa shape index (κ2) is 5.58. The predicted molar refractivity (Wildman–Crippen MR) is 76.6 cm³/mol. The summed E-state index contributed by atoms with van der Waals surface area (Å²) >= 11 is 0. The highest BCUT2D eigenvalue weighted by atomic mass is 16.3. The summed E-state index contributed by atoms with van der Waals surface area (Å²) in [6.45, 7) is 9.23. The van der Waals surface area contributed by atoms with E-state index in [1.165, 1.54) is 6.42 Å². The molecule has 0 radical (unpaired) electrons. The molecular weight excluding hydrogens is 254 g/mol. The predicted octanol–water partition coefficient (Wildman–Crippen LogP) is 1.04. The van der Waals surface area contributed by atoms with Gasteiger partial charge in [0.05, 0.1) is 6.26 Å². The van der Waals surface area contributed by atoms with Gasteiger partial charge in [-0.1, -0.05) is 6.92 Å². The summed E-state index contributed by atoms with van der Waals surface area (Å²) in [7, 11) is 0. The topological polar surface area (TPSA) is 48.7 Å². The van der Waals surface area contributed by atoms with Crippen molar-refractivity contribution in [2.24, 2.45) is 5.41 Å². The van der Waals surface area contributed by atoms with Gasteiger partial charge in [-0.05, 0) is 30.5 Å². The highest BCUT2D eigenvalue weighted by Crippen LogP contribution is 2.26. The Kier molecular flexibility index (Phi) is 3.81. The van der Waals surface area contributed by atoms with E-state index in [9.17, 15) is 4.79 Å². The van der Waals surface area contributed by atoms with Crippen molar-refractivity contribution in [2.75, 3.05) is 45.8 Å². The third-order valence-corrected chi connectivity index (χ3v) is 4.45. The van der Waals surface area contributed by atoms with Crippen LogP contribution in [0, 0.1) is 5.41 Å². The summed E-state index contributed by atoms with van der Waals surface area (Å²) in [5.74, 6) is 0.466. The van der Waals surface area contributed by atoms with Crippen LogP contribution in [0.5, 0.6) is 0 Å². The van der Waals surface area contributed by atoms with Gasteiger partial charge in [-0.25, -0.2) is 0 Å². The molecular formula is C15H23N3O2. The molecule has 2 aliphatic rings. The van der Waals surface area contributed by atoms with Crippen LogP contribution in [0.1, 0.15) is 23.9 Å². The Balaban J connectivity index is 1.51. The lowest BCUT2D eigenvalue weighted by molar-refractivity contribution is 0.0553. The van der Waals surface area contributed by atoms with Crippen molar-refractivity contribution in [1.82, 2.24) is 15.1 Å². The largest absolute Gasteiger partial charge is 0.459 e. The summed E-state index contributed by atoms with van der Waals surface area (Å²) < 4.78 is 5.19. The summed E-state index contributed by atoms with van der Waals surface area (Å²) in [5.41, 5.74) is 0.396. The first-order valence-corrected chi connectivity index (χ1v) is 7.42. The summed E-state index contributed by atoms with van der Waals surface area (Å²) in [4.78, 5) is 16.6. The van der Waals surface area contributed by atoms with Gasteiger partial charge in [0.2, 0.25) is 0 Å². The number of hydrogen-bond acceptors (Lipinski definition) is 4. The van der Waals surface area contributed by atoms with Gasteiger partial charge in [-0.3, -0.25) is 9.69 Å². The van der Waals surface area contributed by atoms with E-state index < -0.39 is 0 Å². The maximum atomic E-state index is 12.2. The minimum Gasteiger partial charge on any atom is -0.459 e. The van der Waals surface area contributed by atoms with Crippen molar-refractivity contribution in [1.29, 1.82) is 0 Å². The molecule has 1 aromatic heterocycles. The van der Waals surface area contributed by atoms with E-state index in [0.29, 0.717) is 11.2 Å². The average Bonchev–Trinajstić information content (AvgIpc) is 3.10. The van der Waals surface area contributed by atoms with Crippen molar-refractivity contribution >= 4 is 5.91 Å². The first kappa shape index (κ1) is 13.6. The number of carbonyl (C=O) groups is 1. The molecule has 110 valence electrons. The molecule has 1 N–H and O–H groups in total. The molecule has 2 saturated heterocycles. The van der Waals surface area contributed by atoms with E-state index in [-0.39, 0.29) is 5.91 Å². The van der Waals surface area contributed by atoms with Crippen LogP contribution in [-0.4, -0.2) is 61.5 Å². The number of nitrogens with zero attached hydrogens (tertiary/aromatic N) is 2. The van der Waals surface area contributed by atoms with E-state index in [1.807, 2.05) is 4.90 Å². The van der Waals surface area contributed by atoms with Gasteiger partial charge in [-0.15, -0.1) is 0 Å². The maximum absolute atomic E-state index is 12.2. The fourth-order valence-electron chi connectivity index (χ4n) is 3.21. The van der Waals surface area contributed by atoms with Gasteiger partial charge in [0.15, 0.2) is 5.76 Å². The van der Waals surface area contributed by atoms with E-state index in [1.54, 1.807) is 18.4 Å². The van der Waals surface area contributed by atoms with Gasteiger partial charge in [0, 0.05) is 39.3 Å². The second-order valence-corrected chi connectivity index (χ2v) is 6.28. The fourth-order valence-corrected chi connectivity index (χ4v) is 3.21. The smallest absolute Gasteiger partial charge is 0.289 e. The van der Waals surface area contributed by atoms with Crippen molar-refractivity contribution in [2.45, 2.75) is 13.3 Å². The Morgan fingerprint density at radius 1 is 1.40 bits per heavy atom. The molecule has 0 spiro atoms. The van der Waals surface area contributed by atoms with E-state index in [4.69, 9.17) is 4.42 Å². The van der Waals surface area contributed by atoms with Gasteiger partial charge < -0.3 is 14.6 Å². The van der Waals surface area contributed by atoms with E-state index >= 15 is 0 Å². The number of nitrogens with one attached hydrogen (secondary N) is 1. The first-order chi connectivity index (χ1) is 9.66. The molecule has 2 aliphatic heterocycles. The van der Waals surface area contributed by atoms with Crippen LogP contribution in [0.2, 0.25) is 0 Å². The third kappa shape index (κ3) is 2.88. The zero-order valence-electron chi connectivity index (χ0n) is 12.1. The number of rotatable bonds is 3. The Morgan fingerprint density at radius 3 is 2.80 bits per heavy atom. The van der Waals surface area contributed by atoms with Gasteiger partial charge in [0.1, 0.15) is 0 Å². The summed E-state index contributed by atoms with van der Waals surface area (Å²) in [5, 5.41) is 3.44. The molecule has 5 nitrogen and oxygen atoms in total. The summed E-state index contributed by atoms with van der Waals surface area (Å²) in [6.07, 6.45) is 2.80. The lowest BCUT2D eigenvalue weighted by Gasteiger charge is -2.38. The maximum Gasteiger partial charge on any atom is 0.289 e. The molecule has 0 bridgehead atoms. The first-order valence-electron chi connectivity index (χ1n) is 7.42. The summed E-state index contributed by atoms with van der Waals surface area (Å²) in [6, 6.07) is 3.50. The normalized spacial score (nSPS) is 27.9. The van der Waals surface area contributed by atoms with Crippen molar-refractivity contribution in [3.8, 4) is 0 Å². The molecule has 1 atom stereocenters. The molecule has 1 aromatic rings. The Hall–Kier alpha value is -1.33. The van der Waals surface area contributed by atoms with Crippen molar-refractivity contribution in [3.63, 3.8) is 0 Å². The van der Waals surface area contributed by atoms with Crippen LogP contribution in [0.15, 0.2) is 22.8 Å². The number of carbonyl (C=O) groups excluding carboxylic acids is 1. The third-order valence-electron chi connectivity index (χ3n) is 4.45. The Labute approximate surface area is 119 Å². The number of hydrogen-bond donors (Lipinski definition) is 1. The average molecular weight is 277 g/mol. The van der Waals surface area contributed by atoms with Crippen LogP contribution in [0.3, 0.4) is 0 Å². The molecule has 3 heterocycles. The van der Waals surface area contributed by atoms with Crippen LogP contribution >= 0.6 is 0 Å². The number of furan rings is 1. The highest BCUT2D eigenvalue weighted by molar-refractivity contribution is 5.91. The molecule has 2 fully saturated rings. The molecule has 3 rings (SSSR count). The Bertz CT molecular complexity index is 444. The zero-order chi connectivity index (χ0) is 14.0. The quantitative estimate of drug-likeness (QED) is 0.897. The highest BCUT2D eigenvalue weighted by Gasteiger charge is 2.32. The molecule has 20 heavy (non-hydrogen) atoms. The van der Waals surface area contributed by atoms with Crippen LogP contribution in [0.25, 0.3) is 0 Å². The van der Waals surface area contributed by atoms with Gasteiger partial charge in [-0.2, -0.15) is 0 Å². The molecule has 5 heteroatoms. The monoisotopic (exact) mass is 277 g/mol. The SMILES string of the molecule is CC1(CN2CCN(C(=O)c3ccco3)CC2)CCNC1. The molecule has 0 saturated carbocycles. The minimum absolute atomic E-state index is 0.0170. The second-order valence-electron chi connectivity index (χ2n) is 6.28. The zero-order valence-corrected chi connectivity index (χ0v) is 12.1. The van der Waals surface area contributed by atoms with E-state index in [0.717, 1.165) is 45.8 Å². The molecule has 0 aromatic carbocycles. The van der Waals surface area contributed by atoms with Crippen LogP contribution < -0.4 is 5.32 Å². The Morgan fingerprint density at radius 2 is 2.20 bits per heavy atom. The lowest BCUT2D eigenvalue weighted by Crippen LogP contribution is -2.51. The van der Waals surface area contributed by atoms with Gasteiger partial charge >= 0.3 is 0 Å². The lowest BCUT2D eigenvalue weighted by atomic mass is 9.89. The van der Waals surface area contributed by atoms with Crippen LogP contribution in [-0.2, 0) is 0 Å². The minimum atomic E-state index is 0.0170. The van der Waals surface area contributed by atoms with Crippen molar-refractivity contribution in [3.05, 3.63) is 24.2 Å². The molecule has 0 aliphatic carbocycles. The molecule has 1 unspecified atom stereocenters. The van der Waals surface area contributed by atoms with Crippen LogP contribution in [0.4, 0.5) is 0 Å². The fraction of sp³-hybridized carbons (Fsp3) is 0.667. The van der Waals surface area contributed by atoms with E-state index in [2.05, 4.69) is 17.1 Å². The number of amides is 1. The molecule has 1 amide bonds. The standard InChI is InChI=1S/C15H23N3O2/c1-15(4-5-16-11-15)12-17-6-8-18(9-7-17)14(19)13-3-2-10-20-13/h2-3,10,16H,4-9,11-12H2,1H3. The van der Waals surface area contributed by atoms with Crippen molar-refractivity contribution < 1.29 is 9.21 Å².